The number of para-hydroxylation sites is 1. The number of nitrogens with one attached hydrogen (secondary N) is 1. The number of hydrogen-bond acceptors (Lipinski definition) is 4. The fourth-order valence-corrected chi connectivity index (χ4v) is 3.66. The number of aliphatic carboxylic acids is 1. The molecule has 31 heavy (non-hydrogen) atoms. The van der Waals surface area contributed by atoms with Gasteiger partial charge in [-0.3, -0.25) is 0 Å². The Morgan fingerprint density at radius 1 is 0.968 bits per heavy atom. The fraction of sp³-hybridized carbons (Fsp3) is 0.667. The molecule has 0 heterocycles. The van der Waals surface area contributed by atoms with Gasteiger partial charge in [0.25, 0.3) is 0 Å². The number of rotatable bonds is 16. The number of quaternary nitrogens is 1. The summed E-state index contributed by atoms with van der Waals surface area (Å²) in [5.74, 6) is -0.213. The predicted octanol–water partition coefficient (Wildman–Crippen LogP) is 3.35. The molecule has 0 saturated carbocycles. The van der Waals surface area contributed by atoms with E-state index in [0.29, 0.717) is 6.54 Å². The maximum atomic E-state index is 12.5. The van der Waals surface area contributed by atoms with Crippen LogP contribution in [0.1, 0.15) is 64.7 Å². The first-order valence-corrected chi connectivity index (χ1v) is 11.5. The van der Waals surface area contributed by atoms with Gasteiger partial charge in [-0.1, -0.05) is 56.7 Å². The van der Waals surface area contributed by atoms with E-state index in [0.717, 1.165) is 38.0 Å². The second-order valence-corrected chi connectivity index (χ2v) is 8.93. The summed E-state index contributed by atoms with van der Waals surface area (Å²) in [5.41, 5.74) is 0. The number of unbranched alkanes of at least 4 members (excludes halogenated alkanes) is 7. The van der Waals surface area contributed by atoms with Crippen LogP contribution in [0.2, 0.25) is 0 Å². The highest BCUT2D eigenvalue weighted by Crippen LogP contribution is 2.13. The van der Waals surface area contributed by atoms with Gasteiger partial charge < -0.3 is 20.0 Å². The Balaban J connectivity index is 2.05. The monoisotopic (exact) mass is 435 g/mol. The van der Waals surface area contributed by atoms with Gasteiger partial charge in [0.1, 0.15) is 5.75 Å². The third kappa shape index (κ3) is 12.2. The van der Waals surface area contributed by atoms with Gasteiger partial charge in [-0.05, 0) is 31.9 Å². The molecule has 0 aromatic heterocycles. The molecule has 1 N–H and O–H groups in total. The molecule has 0 radical (unpaired) electrons. The van der Waals surface area contributed by atoms with Gasteiger partial charge in [-0.2, -0.15) is 5.01 Å². The molecule has 1 aromatic carbocycles. The number of amides is 2. The number of ether oxygens (including phenoxy) is 1. The van der Waals surface area contributed by atoms with E-state index in [1.165, 1.54) is 30.7 Å². The maximum Gasteiger partial charge on any atom is 0.361 e. The Morgan fingerprint density at radius 3 is 2.06 bits per heavy atom. The van der Waals surface area contributed by atoms with Crippen molar-refractivity contribution in [2.24, 2.45) is 0 Å². The molecule has 0 bridgehead atoms. The van der Waals surface area contributed by atoms with Crippen molar-refractivity contribution in [1.29, 1.82) is 0 Å². The van der Waals surface area contributed by atoms with Crippen LogP contribution in [-0.4, -0.2) is 61.9 Å². The van der Waals surface area contributed by atoms with Gasteiger partial charge in [0.05, 0.1) is 33.8 Å². The number of carboxylic acid groups (broad SMARTS) is 1. The average molecular weight is 436 g/mol. The number of nitrogens with zero attached hydrogens (tertiary/aromatic N) is 2. The van der Waals surface area contributed by atoms with Crippen molar-refractivity contribution in [2.45, 2.75) is 70.8 Å². The summed E-state index contributed by atoms with van der Waals surface area (Å²) in [5, 5.41) is 15.4. The molecule has 1 rings (SSSR count). The molecule has 0 aliphatic heterocycles. The van der Waals surface area contributed by atoms with Gasteiger partial charge in [-0.25, -0.2) is 9.39 Å². The SMILES string of the molecule is CC(CC(=O)[O-])N(C(=O)NCCCCCCCCCCOc1ccccc1)[N+](C)(C)C. The summed E-state index contributed by atoms with van der Waals surface area (Å²) in [7, 11) is 5.54. The highest BCUT2D eigenvalue weighted by atomic mass is 16.5. The first-order valence-electron chi connectivity index (χ1n) is 11.5. The summed E-state index contributed by atoms with van der Waals surface area (Å²) in [4.78, 5) is 23.4. The van der Waals surface area contributed by atoms with Gasteiger partial charge in [-0.15, -0.1) is 0 Å². The number of carbonyl (C=O) groups is 2. The van der Waals surface area contributed by atoms with Crippen LogP contribution in [-0.2, 0) is 4.79 Å². The summed E-state index contributed by atoms with van der Waals surface area (Å²) in [6, 6.07) is 9.24. The van der Waals surface area contributed by atoms with Gasteiger partial charge in [0.2, 0.25) is 0 Å². The molecule has 2 amide bonds. The van der Waals surface area contributed by atoms with Crippen molar-refractivity contribution >= 4 is 12.0 Å². The van der Waals surface area contributed by atoms with E-state index >= 15 is 0 Å². The average Bonchev–Trinajstić information content (AvgIpc) is 2.68. The zero-order valence-corrected chi connectivity index (χ0v) is 19.8. The lowest BCUT2D eigenvalue weighted by Gasteiger charge is -2.40. The molecular weight excluding hydrogens is 394 g/mol. The van der Waals surface area contributed by atoms with Crippen LogP contribution in [0.3, 0.4) is 0 Å². The van der Waals surface area contributed by atoms with Gasteiger partial charge >= 0.3 is 6.03 Å². The summed E-state index contributed by atoms with van der Waals surface area (Å²) < 4.78 is 5.93. The van der Waals surface area contributed by atoms with Crippen molar-refractivity contribution in [1.82, 2.24) is 10.3 Å². The topological polar surface area (TPSA) is 81.7 Å². The standard InChI is InChI=1S/C24H41N3O4/c1-21(20-23(28)29)26(27(2,3)4)24(30)25-18-14-9-7-5-6-8-10-15-19-31-22-16-12-11-13-17-22/h11-13,16-17,21H,5-10,14-15,18-20H2,1-4H3,(H-,25,28,29,30). The molecule has 0 spiro atoms. The first-order chi connectivity index (χ1) is 14.7. The minimum absolute atomic E-state index is 0.179. The van der Waals surface area contributed by atoms with Gasteiger partial charge in [0.15, 0.2) is 0 Å². The van der Waals surface area contributed by atoms with Crippen LogP contribution in [0.5, 0.6) is 5.75 Å². The summed E-state index contributed by atoms with van der Waals surface area (Å²) in [6.45, 7) is 3.10. The molecule has 0 saturated heterocycles. The lowest BCUT2D eigenvalue weighted by atomic mass is 10.1. The van der Waals surface area contributed by atoms with Crippen molar-refractivity contribution in [3.63, 3.8) is 0 Å². The molecular formula is C24H41N3O4. The van der Waals surface area contributed by atoms with E-state index in [4.69, 9.17) is 4.74 Å². The number of benzene rings is 1. The van der Waals surface area contributed by atoms with Crippen LogP contribution >= 0.6 is 0 Å². The molecule has 176 valence electrons. The van der Waals surface area contributed by atoms with E-state index in [1.54, 1.807) is 6.92 Å². The molecule has 0 fully saturated rings. The van der Waals surface area contributed by atoms with Crippen LogP contribution < -0.4 is 15.2 Å². The smallest absolute Gasteiger partial charge is 0.361 e. The third-order valence-corrected chi connectivity index (χ3v) is 5.09. The first kappa shape index (κ1) is 26.8. The largest absolute Gasteiger partial charge is 0.550 e. The highest BCUT2D eigenvalue weighted by molar-refractivity contribution is 5.74. The fourth-order valence-electron chi connectivity index (χ4n) is 3.66. The molecule has 1 atom stereocenters. The number of carboxylic acids is 1. The lowest BCUT2D eigenvalue weighted by Crippen LogP contribution is -2.61. The Kier molecular flexibility index (Phi) is 12.7. The van der Waals surface area contributed by atoms with Crippen LogP contribution in [0.15, 0.2) is 30.3 Å². The molecule has 1 unspecified atom stereocenters. The van der Waals surface area contributed by atoms with E-state index in [1.807, 2.05) is 51.5 Å². The highest BCUT2D eigenvalue weighted by Gasteiger charge is 2.31. The molecule has 7 nitrogen and oxygen atoms in total. The Morgan fingerprint density at radius 2 is 1.52 bits per heavy atom. The predicted molar refractivity (Wildman–Crippen MR) is 121 cm³/mol. The van der Waals surface area contributed by atoms with Crippen LogP contribution in [0.25, 0.3) is 0 Å². The van der Waals surface area contributed by atoms with Gasteiger partial charge in [0, 0.05) is 18.9 Å². The second-order valence-electron chi connectivity index (χ2n) is 8.93. The minimum Gasteiger partial charge on any atom is -0.550 e. The van der Waals surface area contributed by atoms with E-state index in [9.17, 15) is 14.7 Å². The Bertz CT molecular complexity index is 631. The van der Waals surface area contributed by atoms with Crippen LogP contribution in [0.4, 0.5) is 4.79 Å². The summed E-state index contributed by atoms with van der Waals surface area (Å²) in [6.07, 6.45) is 8.93. The molecule has 0 aliphatic carbocycles. The van der Waals surface area contributed by atoms with Crippen molar-refractivity contribution in [2.75, 3.05) is 34.3 Å². The van der Waals surface area contributed by atoms with Crippen molar-refractivity contribution < 1.29 is 24.0 Å². The number of urea groups is 1. The third-order valence-electron chi connectivity index (χ3n) is 5.09. The lowest BCUT2D eigenvalue weighted by molar-refractivity contribution is -0.977. The number of hydrogen-bond donors (Lipinski definition) is 1. The minimum atomic E-state index is -1.15. The number of carbonyl (C=O) groups excluding carboxylic acids is 2. The molecule has 1 aromatic rings. The summed E-state index contributed by atoms with van der Waals surface area (Å²) >= 11 is 0. The Hall–Kier alpha value is -2.28. The van der Waals surface area contributed by atoms with E-state index in [2.05, 4.69) is 5.32 Å². The quantitative estimate of drug-likeness (QED) is 0.245. The Labute approximate surface area is 187 Å². The van der Waals surface area contributed by atoms with Crippen LogP contribution in [0, 0.1) is 0 Å². The zero-order chi connectivity index (χ0) is 23.1. The molecule has 0 aliphatic rings. The van der Waals surface area contributed by atoms with Crippen molar-refractivity contribution in [3.8, 4) is 5.75 Å². The maximum absolute atomic E-state index is 12.5. The molecule has 7 heteroatoms. The second kappa shape index (κ2) is 14.7. The van der Waals surface area contributed by atoms with E-state index < -0.39 is 12.0 Å². The van der Waals surface area contributed by atoms with E-state index in [-0.39, 0.29) is 17.0 Å². The zero-order valence-electron chi connectivity index (χ0n) is 19.8. The van der Waals surface area contributed by atoms with Crippen molar-refractivity contribution in [3.05, 3.63) is 30.3 Å². The normalized spacial score (nSPS) is 12.3.